The summed E-state index contributed by atoms with van der Waals surface area (Å²) in [6.07, 6.45) is 19.8. The van der Waals surface area contributed by atoms with Gasteiger partial charge in [-0.05, 0) is 117 Å². The van der Waals surface area contributed by atoms with E-state index >= 15 is 0 Å². The number of rotatable bonds is 7. The lowest BCUT2D eigenvalue weighted by Crippen LogP contribution is -2.21. The van der Waals surface area contributed by atoms with Gasteiger partial charge < -0.3 is 4.74 Å². The molecule has 0 N–H and O–H groups in total. The zero-order valence-corrected chi connectivity index (χ0v) is 34.6. The molecule has 3 aliphatic rings. The number of allylic oxidation sites excluding steroid dienone is 2. The first kappa shape index (κ1) is 37.0. The van der Waals surface area contributed by atoms with Crippen molar-refractivity contribution in [2.45, 2.75) is 142 Å². The fourth-order valence-electron chi connectivity index (χ4n) is 10.5. The highest BCUT2D eigenvalue weighted by Crippen LogP contribution is 2.50. The van der Waals surface area contributed by atoms with E-state index in [2.05, 4.69) is 130 Å². The van der Waals surface area contributed by atoms with Gasteiger partial charge in [0, 0.05) is 52.4 Å². The Balaban J connectivity index is 1.21. The lowest BCUT2D eigenvalue weighted by atomic mass is 9.71. The number of aryl methyl sites for hydroxylation is 1. The van der Waals surface area contributed by atoms with Gasteiger partial charge >= 0.3 is 0 Å². The number of benzene rings is 3. The molecule has 0 spiro atoms. The third kappa shape index (κ3) is 6.90. The molecule has 0 bridgehead atoms. The van der Waals surface area contributed by atoms with Crippen molar-refractivity contribution in [2.24, 2.45) is 5.92 Å². The molecule has 0 aliphatic heterocycles. The Kier molecular flexibility index (Phi) is 9.92. The summed E-state index contributed by atoms with van der Waals surface area (Å²) in [5, 5.41) is 8.24. The average molecular weight is 745 g/mol. The van der Waals surface area contributed by atoms with E-state index in [1.165, 1.54) is 110 Å². The third-order valence-electron chi connectivity index (χ3n) is 13.4. The van der Waals surface area contributed by atoms with Gasteiger partial charge in [0.05, 0.1) is 28.1 Å². The van der Waals surface area contributed by atoms with E-state index in [0.29, 0.717) is 23.7 Å². The maximum absolute atomic E-state index is 7.00. The topological polar surface area (TPSA) is 44.9 Å². The van der Waals surface area contributed by atoms with Crippen LogP contribution in [0.2, 0.25) is 0 Å². The third-order valence-corrected chi connectivity index (χ3v) is 13.4. The molecular weight excluding hydrogens is 685 g/mol. The fourth-order valence-corrected chi connectivity index (χ4v) is 10.5. The van der Waals surface area contributed by atoms with Gasteiger partial charge in [-0.25, -0.2) is 9.67 Å². The number of fused-ring (bicyclic) bond motifs is 3. The first-order valence-electron chi connectivity index (χ1n) is 21.7. The zero-order valence-electron chi connectivity index (χ0n) is 34.6. The molecule has 290 valence electrons. The van der Waals surface area contributed by atoms with Gasteiger partial charge in [-0.2, -0.15) is 5.10 Å². The molecule has 0 radical (unpaired) electrons. The van der Waals surface area contributed by atoms with Crippen molar-refractivity contribution in [2.75, 3.05) is 0 Å². The second-order valence-electron chi connectivity index (χ2n) is 18.5. The number of ether oxygens (including phenoxy) is 1. The summed E-state index contributed by atoms with van der Waals surface area (Å²) < 4.78 is 11.7. The van der Waals surface area contributed by atoms with Crippen molar-refractivity contribution in [3.8, 4) is 23.0 Å². The van der Waals surface area contributed by atoms with Crippen LogP contribution in [-0.4, -0.2) is 19.3 Å². The molecule has 5 heteroatoms. The number of hydrogen-bond donors (Lipinski definition) is 0. The molecule has 2 fully saturated rings. The fraction of sp³-hybridized carbons (Fsp3) is 0.451. The van der Waals surface area contributed by atoms with Crippen LogP contribution in [0.1, 0.15) is 158 Å². The van der Waals surface area contributed by atoms with Gasteiger partial charge in [0.2, 0.25) is 0 Å². The molecule has 3 heterocycles. The summed E-state index contributed by atoms with van der Waals surface area (Å²) >= 11 is 0. The van der Waals surface area contributed by atoms with E-state index < -0.39 is 0 Å². The first-order chi connectivity index (χ1) is 27.1. The number of para-hydroxylation sites is 1. The van der Waals surface area contributed by atoms with Crippen LogP contribution in [-0.2, 0) is 5.41 Å². The summed E-state index contributed by atoms with van der Waals surface area (Å²) in [4.78, 5) is 4.82. The minimum absolute atomic E-state index is 0.0776. The Labute approximate surface area is 334 Å². The Hall–Kier alpha value is -4.64. The van der Waals surface area contributed by atoms with Crippen molar-refractivity contribution in [1.29, 1.82) is 0 Å². The Morgan fingerprint density at radius 1 is 0.714 bits per heavy atom. The highest BCUT2D eigenvalue weighted by atomic mass is 16.5. The van der Waals surface area contributed by atoms with Crippen LogP contribution in [0.3, 0.4) is 0 Å². The van der Waals surface area contributed by atoms with Crippen LogP contribution in [0.5, 0.6) is 11.5 Å². The number of pyridine rings is 1. The predicted molar refractivity (Wildman–Crippen MR) is 232 cm³/mol. The van der Waals surface area contributed by atoms with Gasteiger partial charge in [0.15, 0.2) is 0 Å². The quantitative estimate of drug-likeness (QED) is 0.153. The van der Waals surface area contributed by atoms with Gasteiger partial charge in [-0.3, -0.25) is 4.57 Å². The lowest BCUT2D eigenvalue weighted by molar-refractivity contribution is 0.406. The monoisotopic (exact) mass is 744 g/mol. The van der Waals surface area contributed by atoms with Crippen molar-refractivity contribution in [3.63, 3.8) is 0 Å². The van der Waals surface area contributed by atoms with Crippen molar-refractivity contribution < 1.29 is 4.74 Å². The largest absolute Gasteiger partial charge is 0.457 e. The molecule has 5 nitrogen and oxygen atoms in total. The first-order valence-corrected chi connectivity index (χ1v) is 21.7. The standard InChI is InChI=1S/C51H60N4O/c1-33-26-27-52-46(28-33)54-44-23-14-13-22-42(44)43-25-24-40(32-45(43)54)56-41-30-38(51(4,5)6)29-39(31-41)55-50(37-20-11-8-12-21-37)48(47-34(2)16-15-17-35(47)3)49(53-55)36-18-9-7-10-19-36/h13-14,16,22-32,35-37,47H,7-12,15,17-21H2,1-6H3/t35-,47+/m0/s1. The highest BCUT2D eigenvalue weighted by Gasteiger charge is 2.38. The summed E-state index contributed by atoms with van der Waals surface area (Å²) in [7, 11) is 0. The second-order valence-corrected chi connectivity index (χ2v) is 18.5. The van der Waals surface area contributed by atoms with Crippen LogP contribution in [0.4, 0.5) is 0 Å². The number of aromatic nitrogens is 4. The number of hydrogen-bond acceptors (Lipinski definition) is 3. The Bertz CT molecular complexity index is 2410. The molecule has 0 amide bonds. The van der Waals surface area contributed by atoms with Crippen LogP contribution >= 0.6 is 0 Å². The minimum Gasteiger partial charge on any atom is -0.457 e. The molecule has 2 atom stereocenters. The smallest absolute Gasteiger partial charge is 0.137 e. The Morgan fingerprint density at radius 2 is 1.45 bits per heavy atom. The SMILES string of the molecule is CC1=CCC[C@H](C)[C@@H]1c1c(C2CCCCC2)nn(-c2cc(Oc3ccc4c5ccccc5n(-c5cc(C)ccn5)c4c3)cc(C(C)(C)C)c2)c1C1CCCCC1. The second kappa shape index (κ2) is 15.0. The molecule has 9 rings (SSSR count). The maximum atomic E-state index is 7.00. The molecule has 6 aromatic rings. The van der Waals surface area contributed by atoms with Crippen molar-refractivity contribution in [3.05, 3.63) is 119 Å². The van der Waals surface area contributed by atoms with Gasteiger partial charge in [-0.1, -0.05) is 96.1 Å². The normalized spacial score (nSPS) is 20.1. The van der Waals surface area contributed by atoms with Crippen molar-refractivity contribution >= 4 is 21.8 Å². The van der Waals surface area contributed by atoms with E-state index in [9.17, 15) is 0 Å². The maximum Gasteiger partial charge on any atom is 0.137 e. The molecule has 0 unspecified atom stereocenters. The summed E-state index contributed by atoms with van der Waals surface area (Å²) in [5.74, 6) is 4.70. The Morgan fingerprint density at radius 3 is 2.18 bits per heavy atom. The molecule has 3 aromatic heterocycles. The van der Waals surface area contributed by atoms with Gasteiger partial charge in [-0.15, -0.1) is 0 Å². The van der Waals surface area contributed by atoms with E-state index in [1.807, 2.05) is 6.20 Å². The van der Waals surface area contributed by atoms with E-state index in [4.69, 9.17) is 14.8 Å². The van der Waals surface area contributed by atoms with Crippen LogP contribution in [0.25, 0.3) is 33.3 Å². The zero-order chi connectivity index (χ0) is 38.6. The van der Waals surface area contributed by atoms with Crippen LogP contribution in [0, 0.1) is 12.8 Å². The lowest BCUT2D eigenvalue weighted by Gasteiger charge is -2.34. The molecule has 2 saturated carbocycles. The summed E-state index contributed by atoms with van der Waals surface area (Å²) in [6.45, 7) is 14.0. The predicted octanol–water partition coefficient (Wildman–Crippen LogP) is 14.3. The number of nitrogens with zero attached hydrogens (tertiary/aromatic N) is 4. The molecule has 3 aromatic carbocycles. The van der Waals surface area contributed by atoms with E-state index in [0.717, 1.165) is 34.0 Å². The van der Waals surface area contributed by atoms with E-state index in [-0.39, 0.29) is 5.41 Å². The van der Waals surface area contributed by atoms with Crippen molar-refractivity contribution in [1.82, 2.24) is 19.3 Å². The van der Waals surface area contributed by atoms with E-state index in [1.54, 1.807) is 11.1 Å². The van der Waals surface area contributed by atoms with Gasteiger partial charge in [0.25, 0.3) is 0 Å². The van der Waals surface area contributed by atoms with Gasteiger partial charge in [0.1, 0.15) is 17.3 Å². The minimum atomic E-state index is -0.0776. The van der Waals surface area contributed by atoms with Crippen LogP contribution < -0.4 is 4.74 Å². The molecule has 0 saturated heterocycles. The molecule has 3 aliphatic carbocycles. The highest BCUT2D eigenvalue weighted by molar-refractivity contribution is 6.09. The summed E-state index contributed by atoms with van der Waals surface area (Å²) in [5.41, 5.74) is 11.8. The summed E-state index contributed by atoms with van der Waals surface area (Å²) in [6, 6.07) is 26.3. The van der Waals surface area contributed by atoms with Crippen LogP contribution in [0.15, 0.2) is 90.6 Å². The molecule has 56 heavy (non-hydrogen) atoms. The average Bonchev–Trinajstić information content (AvgIpc) is 3.74. The molecular formula is C51H60N4O.